The third-order valence-corrected chi connectivity index (χ3v) is 14.8. The highest BCUT2D eigenvalue weighted by Gasteiger charge is 2.56. The number of carbonyl (C=O) groups is 1. The summed E-state index contributed by atoms with van der Waals surface area (Å²) in [7, 11) is -1.71. The molecule has 4 atom stereocenters. The van der Waals surface area contributed by atoms with Crippen LogP contribution in [0, 0.1) is 23.6 Å². The molecule has 4 heterocycles. The van der Waals surface area contributed by atoms with Crippen molar-refractivity contribution in [3.63, 3.8) is 0 Å². The van der Waals surface area contributed by atoms with Crippen LogP contribution >= 0.6 is 0 Å². The number of imidazole rings is 1. The second-order valence-electron chi connectivity index (χ2n) is 15.2. The second kappa shape index (κ2) is 12.7. The molecule has 8 rings (SSSR count). The van der Waals surface area contributed by atoms with Gasteiger partial charge in [0.15, 0.2) is 9.84 Å². The highest BCUT2D eigenvalue weighted by atomic mass is 32.2. The van der Waals surface area contributed by atoms with Gasteiger partial charge >= 0.3 is 6.09 Å². The number of likely N-dealkylation sites (tertiary alicyclic amines) is 1. The van der Waals surface area contributed by atoms with Gasteiger partial charge in [-0.05, 0) is 112 Å². The molecule has 11 heteroatoms. The van der Waals surface area contributed by atoms with Crippen molar-refractivity contribution in [2.45, 2.75) is 86.1 Å². The Morgan fingerprint density at radius 1 is 1.02 bits per heavy atom. The maximum absolute atomic E-state index is 15.1. The average molecular weight is 690 g/mol. The molecule has 5 aliphatic rings. The average Bonchev–Trinajstić information content (AvgIpc) is 3.69. The number of anilines is 1. The minimum Gasteiger partial charge on any atom is -0.453 e. The van der Waals surface area contributed by atoms with Crippen molar-refractivity contribution in [3.05, 3.63) is 78.1 Å². The quantitative estimate of drug-likeness (QED) is 0.298. The monoisotopic (exact) mass is 689 g/mol. The highest BCUT2D eigenvalue weighted by Crippen LogP contribution is 2.55. The maximum atomic E-state index is 15.1. The van der Waals surface area contributed by atoms with Crippen LogP contribution < -0.4 is 4.90 Å². The number of sulfone groups is 1. The molecule has 1 unspecified atom stereocenters. The number of ether oxygens (including phenoxy) is 1. The van der Waals surface area contributed by atoms with Gasteiger partial charge in [-0.25, -0.2) is 22.6 Å². The van der Waals surface area contributed by atoms with Gasteiger partial charge in [-0.3, -0.25) is 4.90 Å². The van der Waals surface area contributed by atoms with Crippen LogP contribution in [0.4, 0.5) is 14.9 Å². The van der Waals surface area contributed by atoms with Crippen molar-refractivity contribution < 1.29 is 22.3 Å². The van der Waals surface area contributed by atoms with E-state index in [1.807, 2.05) is 35.5 Å². The number of fused-ring (bicyclic) bond motifs is 2. The lowest BCUT2D eigenvalue weighted by atomic mass is 9.57. The minimum absolute atomic E-state index is 0.0157. The number of rotatable bonds is 7. The molecule has 1 amide bonds. The fraction of sp³-hybridized carbons (Fsp3) is 0.579. The van der Waals surface area contributed by atoms with Gasteiger partial charge in [-0.2, -0.15) is 0 Å². The van der Waals surface area contributed by atoms with Crippen molar-refractivity contribution in [2.24, 2.45) is 17.8 Å². The molecule has 49 heavy (non-hydrogen) atoms. The molecule has 0 N–H and O–H groups in total. The van der Waals surface area contributed by atoms with E-state index in [9.17, 15) is 13.2 Å². The zero-order valence-corrected chi connectivity index (χ0v) is 29.4. The molecule has 2 aromatic carbocycles. The van der Waals surface area contributed by atoms with Crippen molar-refractivity contribution in [1.29, 1.82) is 0 Å². The number of piperidine rings is 1. The van der Waals surface area contributed by atoms with E-state index in [-0.39, 0.29) is 40.6 Å². The largest absolute Gasteiger partial charge is 0.453 e. The lowest BCUT2D eigenvalue weighted by molar-refractivity contribution is 0.00428. The summed E-state index contributed by atoms with van der Waals surface area (Å²) in [6, 6.07) is 14.5. The number of nitrogens with zero attached hydrogens (tertiary/aromatic N) is 5. The summed E-state index contributed by atoms with van der Waals surface area (Å²) in [5, 5.41) is -0.187. The zero-order chi connectivity index (χ0) is 33.9. The van der Waals surface area contributed by atoms with Gasteiger partial charge in [0.05, 0.1) is 23.3 Å². The van der Waals surface area contributed by atoms with E-state index < -0.39 is 9.84 Å². The Balaban J connectivity index is 1.00. The van der Waals surface area contributed by atoms with Gasteiger partial charge in [0.25, 0.3) is 0 Å². The summed E-state index contributed by atoms with van der Waals surface area (Å²) in [5.74, 6) is 1.66. The summed E-state index contributed by atoms with van der Waals surface area (Å²) in [5.41, 5.74) is 1.75. The Morgan fingerprint density at radius 3 is 2.47 bits per heavy atom. The first-order valence-electron chi connectivity index (χ1n) is 18.1. The van der Waals surface area contributed by atoms with E-state index in [4.69, 9.17) is 9.72 Å². The lowest BCUT2D eigenvalue weighted by Crippen LogP contribution is -2.58. The van der Waals surface area contributed by atoms with Crippen LogP contribution in [0.15, 0.2) is 65.8 Å². The van der Waals surface area contributed by atoms with Gasteiger partial charge in [0.1, 0.15) is 11.6 Å². The molecular formula is C38H48FN5O4S. The number of aromatic nitrogens is 2. The predicted molar refractivity (Wildman–Crippen MR) is 186 cm³/mol. The van der Waals surface area contributed by atoms with Crippen LogP contribution in [0.5, 0.6) is 0 Å². The summed E-state index contributed by atoms with van der Waals surface area (Å²) in [4.78, 5) is 25.5. The van der Waals surface area contributed by atoms with Gasteiger partial charge < -0.3 is 19.1 Å². The molecule has 2 saturated heterocycles. The minimum atomic E-state index is -3.17. The molecule has 3 aliphatic heterocycles. The van der Waals surface area contributed by atoms with Crippen molar-refractivity contribution in [1.82, 2.24) is 19.4 Å². The molecule has 4 fully saturated rings. The molecule has 1 aromatic heterocycles. The van der Waals surface area contributed by atoms with E-state index in [0.717, 1.165) is 101 Å². The fourth-order valence-corrected chi connectivity index (χ4v) is 11.6. The Hall–Kier alpha value is -3.44. The molecule has 0 spiro atoms. The Morgan fingerprint density at radius 2 is 1.78 bits per heavy atom. The number of halogens is 1. The van der Waals surface area contributed by atoms with Gasteiger partial charge in [0.2, 0.25) is 0 Å². The number of amides is 1. The smallest absolute Gasteiger partial charge is 0.410 e. The number of methoxy groups -OCH3 is 1. The summed E-state index contributed by atoms with van der Waals surface area (Å²) in [6.07, 6.45) is 10.0. The first-order valence-corrected chi connectivity index (χ1v) is 19.7. The molecule has 0 radical (unpaired) electrons. The van der Waals surface area contributed by atoms with Gasteiger partial charge in [-0.15, -0.1) is 0 Å². The number of carbonyl (C=O) groups excluding carboxylic acids is 1. The van der Waals surface area contributed by atoms with E-state index >= 15 is 4.39 Å². The third-order valence-electron chi connectivity index (χ3n) is 12.5. The predicted octanol–water partition coefficient (Wildman–Crippen LogP) is 6.06. The number of hydrogen-bond donors (Lipinski definition) is 0. The standard InChI is InChI=1S/C38H48FN5O4S/c1-26-36-40-17-20-42(36)25-38(29-5-3-6-30(39)21-29,34-7-4-8-35(34)44(26)37(45)48-2)28-15-18-41(19-16-28)22-27-23-43(24-27)31-9-11-32(12-10-31)49(46,47)33-13-14-33/h3,5-6,9-12,17,20-21,26-28,33-35H,4,7-8,13-16,18-19,22-25H2,1-2H3/t26?,34-,35-,38-/m0/s1. The molecule has 3 aromatic rings. The molecule has 262 valence electrons. The summed E-state index contributed by atoms with van der Waals surface area (Å²) >= 11 is 0. The highest BCUT2D eigenvalue weighted by molar-refractivity contribution is 7.92. The molecular weight excluding hydrogens is 642 g/mol. The summed E-state index contributed by atoms with van der Waals surface area (Å²) < 4.78 is 47.9. The van der Waals surface area contributed by atoms with E-state index in [1.165, 1.54) is 13.2 Å². The Labute approximate surface area is 289 Å². The SMILES string of the molecule is COC(=O)N1C(C)c2nccn2C[C@@](c2cccc(F)c2)(C2CCN(CC3CN(c4ccc(S(=O)(=O)C5CC5)cc4)C3)CC2)[C@H]2CCC[C@@H]21. The molecule has 2 saturated carbocycles. The van der Waals surface area contributed by atoms with Crippen LogP contribution in [-0.2, 0) is 26.5 Å². The van der Waals surface area contributed by atoms with Gasteiger partial charge in [-0.1, -0.05) is 18.6 Å². The van der Waals surface area contributed by atoms with E-state index in [1.54, 1.807) is 18.2 Å². The fourth-order valence-electron chi connectivity index (χ4n) is 9.97. The lowest BCUT2D eigenvalue weighted by Gasteiger charge is -2.54. The van der Waals surface area contributed by atoms with Crippen LogP contribution in [0.2, 0.25) is 0 Å². The third kappa shape index (κ3) is 5.74. The van der Waals surface area contributed by atoms with Crippen molar-refractivity contribution in [3.8, 4) is 0 Å². The van der Waals surface area contributed by atoms with E-state index in [0.29, 0.717) is 16.7 Å². The first kappa shape index (κ1) is 32.7. The number of benzene rings is 2. The second-order valence-corrected chi connectivity index (χ2v) is 17.4. The van der Waals surface area contributed by atoms with E-state index in [2.05, 4.69) is 27.4 Å². The van der Waals surface area contributed by atoms with Crippen LogP contribution in [0.3, 0.4) is 0 Å². The van der Waals surface area contributed by atoms with Crippen molar-refractivity contribution in [2.75, 3.05) is 44.7 Å². The van der Waals surface area contributed by atoms with Crippen LogP contribution in [0.25, 0.3) is 0 Å². The Kier molecular flexibility index (Phi) is 8.49. The van der Waals surface area contributed by atoms with Gasteiger partial charge in [0, 0.05) is 61.6 Å². The van der Waals surface area contributed by atoms with Crippen LogP contribution in [0.1, 0.15) is 69.3 Å². The Bertz CT molecular complexity index is 1780. The zero-order valence-electron chi connectivity index (χ0n) is 28.6. The molecule has 2 aliphatic carbocycles. The summed E-state index contributed by atoms with van der Waals surface area (Å²) in [6.45, 7) is 7.71. The maximum Gasteiger partial charge on any atom is 0.410 e. The topological polar surface area (TPSA) is 88.0 Å². The normalized spacial score (nSPS) is 28.3. The van der Waals surface area contributed by atoms with Crippen LogP contribution in [-0.4, -0.2) is 85.0 Å². The molecule has 0 bridgehead atoms. The first-order chi connectivity index (χ1) is 23.7. The number of hydrogen-bond acceptors (Lipinski definition) is 7. The molecule has 9 nitrogen and oxygen atoms in total. The van der Waals surface area contributed by atoms with Crippen molar-refractivity contribution >= 4 is 21.6 Å².